The molecule has 17 heavy (non-hydrogen) atoms. The molecule has 90 valence electrons. The average Bonchev–Trinajstić information content (AvgIpc) is 2.80. The number of rotatable bonds is 2. The van der Waals surface area contributed by atoms with E-state index in [1.807, 2.05) is 0 Å². The normalized spacial score (nSPS) is 19.9. The molecule has 1 fully saturated rings. The molecule has 1 atom stereocenters. The number of aromatic amines is 1. The number of amides is 3. The summed E-state index contributed by atoms with van der Waals surface area (Å²) in [5.74, 6) is -1.07. The van der Waals surface area contributed by atoms with Gasteiger partial charge in [0.2, 0.25) is 5.91 Å². The minimum Gasteiger partial charge on any atom is -0.356 e. The van der Waals surface area contributed by atoms with Crippen LogP contribution in [0.25, 0.3) is 0 Å². The maximum Gasteiger partial charge on any atom is 0.268 e. The summed E-state index contributed by atoms with van der Waals surface area (Å²) in [5.41, 5.74) is 0.340. The lowest BCUT2D eigenvalue weighted by Crippen LogP contribution is -2.40. The van der Waals surface area contributed by atoms with Crippen LogP contribution >= 0.6 is 15.9 Å². The molecule has 1 aromatic rings. The van der Waals surface area contributed by atoms with Crippen molar-refractivity contribution in [1.29, 1.82) is 0 Å². The summed E-state index contributed by atoms with van der Waals surface area (Å²) in [6.07, 6.45) is 1.63. The zero-order chi connectivity index (χ0) is 12.6. The van der Waals surface area contributed by atoms with Gasteiger partial charge < -0.3 is 10.3 Å². The van der Waals surface area contributed by atoms with Gasteiger partial charge in [0.1, 0.15) is 11.7 Å². The number of likely N-dealkylation sites (tertiary alicyclic amines) is 1. The summed E-state index contributed by atoms with van der Waals surface area (Å²) in [7, 11) is 1.40. The van der Waals surface area contributed by atoms with E-state index in [9.17, 15) is 14.4 Å². The minimum absolute atomic E-state index is 0.0168. The molecule has 0 saturated carbocycles. The number of hydrogen-bond donors (Lipinski definition) is 2. The number of aromatic nitrogens is 1. The van der Waals surface area contributed by atoms with Crippen LogP contribution in [0.1, 0.15) is 16.9 Å². The van der Waals surface area contributed by atoms with Gasteiger partial charge in [0.15, 0.2) is 0 Å². The first kappa shape index (κ1) is 11.8. The van der Waals surface area contributed by atoms with Crippen molar-refractivity contribution in [3.05, 3.63) is 22.4 Å². The van der Waals surface area contributed by atoms with E-state index < -0.39 is 11.9 Å². The van der Waals surface area contributed by atoms with E-state index >= 15 is 0 Å². The van der Waals surface area contributed by atoms with Gasteiger partial charge in [-0.05, 0) is 22.0 Å². The van der Waals surface area contributed by atoms with Crippen LogP contribution in [-0.4, -0.2) is 40.7 Å². The fourth-order valence-electron chi connectivity index (χ4n) is 1.60. The molecule has 1 aliphatic rings. The molecule has 0 bridgehead atoms. The second-order valence-corrected chi connectivity index (χ2v) is 4.67. The van der Waals surface area contributed by atoms with E-state index in [-0.39, 0.29) is 18.2 Å². The van der Waals surface area contributed by atoms with Crippen molar-refractivity contribution in [1.82, 2.24) is 15.2 Å². The Kier molecular flexibility index (Phi) is 3.01. The summed E-state index contributed by atoms with van der Waals surface area (Å²) < 4.78 is 0.744. The maximum absolute atomic E-state index is 11.7. The molecule has 1 unspecified atom stereocenters. The lowest BCUT2D eigenvalue weighted by Gasteiger charge is -2.09. The van der Waals surface area contributed by atoms with E-state index in [1.165, 1.54) is 7.05 Å². The van der Waals surface area contributed by atoms with Crippen LogP contribution in [0.15, 0.2) is 16.7 Å². The fraction of sp³-hybridized carbons (Fsp3) is 0.300. The first-order valence-corrected chi connectivity index (χ1v) is 5.73. The largest absolute Gasteiger partial charge is 0.356 e. The van der Waals surface area contributed by atoms with Crippen molar-refractivity contribution in [2.24, 2.45) is 0 Å². The van der Waals surface area contributed by atoms with Gasteiger partial charge in [-0.25, -0.2) is 0 Å². The molecular weight excluding hydrogens is 290 g/mol. The van der Waals surface area contributed by atoms with Gasteiger partial charge in [0.05, 0.1) is 6.42 Å². The van der Waals surface area contributed by atoms with E-state index in [1.54, 1.807) is 12.3 Å². The van der Waals surface area contributed by atoms with E-state index in [0.717, 1.165) is 9.37 Å². The molecular formula is C10H10BrN3O3. The van der Waals surface area contributed by atoms with Crippen molar-refractivity contribution in [3.63, 3.8) is 0 Å². The molecule has 3 amide bonds. The summed E-state index contributed by atoms with van der Waals surface area (Å²) in [6, 6.07) is 0.836. The van der Waals surface area contributed by atoms with Gasteiger partial charge in [0.25, 0.3) is 11.8 Å². The number of nitrogens with zero attached hydrogens (tertiary/aromatic N) is 1. The predicted molar refractivity (Wildman–Crippen MR) is 62.1 cm³/mol. The van der Waals surface area contributed by atoms with Gasteiger partial charge in [-0.15, -0.1) is 0 Å². The van der Waals surface area contributed by atoms with Gasteiger partial charge in [-0.1, -0.05) is 0 Å². The number of imide groups is 1. The number of H-pyrrole nitrogens is 1. The molecule has 2 heterocycles. The number of carbonyl (C=O) groups excluding carboxylic acids is 3. The number of hydrogen-bond acceptors (Lipinski definition) is 3. The molecule has 2 rings (SSSR count). The monoisotopic (exact) mass is 299 g/mol. The van der Waals surface area contributed by atoms with Crippen molar-refractivity contribution in [2.75, 3.05) is 7.05 Å². The molecule has 0 aliphatic carbocycles. The predicted octanol–water partition coefficient (Wildman–Crippen LogP) is 0.264. The third kappa shape index (κ3) is 2.23. The van der Waals surface area contributed by atoms with Crippen LogP contribution in [-0.2, 0) is 9.59 Å². The number of likely N-dealkylation sites (N-methyl/N-ethyl adjacent to an activating group) is 1. The van der Waals surface area contributed by atoms with Gasteiger partial charge in [-0.3, -0.25) is 19.3 Å². The quantitative estimate of drug-likeness (QED) is 0.769. The molecule has 7 heteroatoms. The Bertz CT molecular complexity index is 497. The lowest BCUT2D eigenvalue weighted by molar-refractivity contribution is -0.137. The van der Waals surface area contributed by atoms with Crippen LogP contribution in [0.4, 0.5) is 0 Å². The summed E-state index contributed by atoms with van der Waals surface area (Å²) in [6.45, 7) is 0. The highest BCUT2D eigenvalue weighted by Crippen LogP contribution is 2.13. The van der Waals surface area contributed by atoms with Gasteiger partial charge in [-0.2, -0.15) is 0 Å². The molecule has 0 radical (unpaired) electrons. The molecule has 1 saturated heterocycles. The highest BCUT2D eigenvalue weighted by atomic mass is 79.9. The number of halogens is 1. The first-order valence-electron chi connectivity index (χ1n) is 4.94. The third-order valence-electron chi connectivity index (χ3n) is 2.58. The van der Waals surface area contributed by atoms with Crippen molar-refractivity contribution >= 4 is 33.7 Å². The van der Waals surface area contributed by atoms with Gasteiger partial charge in [0, 0.05) is 17.7 Å². The first-order chi connectivity index (χ1) is 7.99. The van der Waals surface area contributed by atoms with Gasteiger partial charge >= 0.3 is 0 Å². The molecule has 1 aromatic heterocycles. The highest BCUT2D eigenvalue weighted by Gasteiger charge is 2.37. The van der Waals surface area contributed by atoms with Crippen LogP contribution < -0.4 is 5.32 Å². The smallest absolute Gasteiger partial charge is 0.268 e. The third-order valence-corrected chi connectivity index (χ3v) is 3.04. The number of carbonyl (C=O) groups is 3. The zero-order valence-electron chi connectivity index (χ0n) is 8.99. The zero-order valence-corrected chi connectivity index (χ0v) is 10.6. The minimum atomic E-state index is -0.762. The standard InChI is InChI=1S/C10H10BrN3O3/c1-14-8(15)3-7(10(14)17)13-9(16)6-2-5(11)4-12-6/h2,4,7,12H,3H2,1H3,(H,13,16). The van der Waals surface area contributed by atoms with Crippen molar-refractivity contribution in [2.45, 2.75) is 12.5 Å². The second kappa shape index (κ2) is 4.33. The summed E-state index contributed by atoms with van der Waals surface area (Å²) in [4.78, 5) is 38.3. The molecule has 2 N–H and O–H groups in total. The second-order valence-electron chi connectivity index (χ2n) is 3.75. The Morgan fingerprint density at radius 2 is 2.29 bits per heavy atom. The van der Waals surface area contributed by atoms with Crippen LogP contribution in [0.5, 0.6) is 0 Å². The number of nitrogens with one attached hydrogen (secondary N) is 2. The van der Waals surface area contributed by atoms with Crippen LogP contribution in [0, 0.1) is 0 Å². The van der Waals surface area contributed by atoms with Crippen LogP contribution in [0.3, 0.4) is 0 Å². The van der Waals surface area contributed by atoms with Crippen LogP contribution in [0.2, 0.25) is 0 Å². The topological polar surface area (TPSA) is 82.3 Å². The van der Waals surface area contributed by atoms with E-state index in [2.05, 4.69) is 26.2 Å². The Hall–Kier alpha value is -1.63. The molecule has 0 spiro atoms. The van der Waals surface area contributed by atoms with Crippen molar-refractivity contribution in [3.8, 4) is 0 Å². The SMILES string of the molecule is CN1C(=O)CC(NC(=O)c2cc(Br)c[nH]2)C1=O. The Morgan fingerprint density at radius 3 is 2.76 bits per heavy atom. The molecule has 1 aliphatic heterocycles. The average molecular weight is 300 g/mol. The maximum atomic E-state index is 11.7. The van der Waals surface area contributed by atoms with E-state index in [4.69, 9.17) is 0 Å². The summed E-state index contributed by atoms with van der Waals surface area (Å²) in [5, 5.41) is 2.52. The molecule has 6 nitrogen and oxygen atoms in total. The van der Waals surface area contributed by atoms with E-state index in [0.29, 0.717) is 5.69 Å². The Morgan fingerprint density at radius 1 is 1.59 bits per heavy atom. The molecule has 0 aromatic carbocycles. The summed E-state index contributed by atoms with van der Waals surface area (Å²) >= 11 is 3.20. The highest BCUT2D eigenvalue weighted by molar-refractivity contribution is 9.10. The Labute approximate surface area is 105 Å². The van der Waals surface area contributed by atoms with Crippen molar-refractivity contribution < 1.29 is 14.4 Å². The lowest BCUT2D eigenvalue weighted by atomic mass is 10.2. The fourth-order valence-corrected chi connectivity index (χ4v) is 1.95. The Balaban J connectivity index is 2.05.